The number of aromatic amines is 1. The van der Waals surface area contributed by atoms with E-state index in [4.69, 9.17) is 0 Å². The predicted octanol–water partition coefficient (Wildman–Crippen LogP) is 1.38. The zero-order valence-corrected chi connectivity index (χ0v) is 15.6. The van der Waals surface area contributed by atoms with E-state index >= 15 is 0 Å². The van der Waals surface area contributed by atoms with Crippen molar-refractivity contribution in [3.05, 3.63) is 40.9 Å². The Hall–Kier alpha value is -3.16. The number of anilines is 1. The number of hydrogen-bond acceptors (Lipinski definition) is 5. The number of carbonyl (C=O) groups is 1. The molecule has 8 nitrogen and oxygen atoms in total. The van der Waals surface area contributed by atoms with E-state index in [2.05, 4.69) is 20.0 Å². The molecule has 0 bridgehead atoms. The van der Waals surface area contributed by atoms with Gasteiger partial charge in [0.25, 0.3) is 5.56 Å². The maximum absolute atomic E-state index is 12.0. The largest absolute Gasteiger partial charge is 0.337 e. The third-order valence-electron chi connectivity index (χ3n) is 5.13. The monoisotopic (exact) mass is 366 g/mol. The molecule has 1 aromatic carbocycles. The highest BCUT2D eigenvalue weighted by molar-refractivity contribution is 5.83. The van der Waals surface area contributed by atoms with Gasteiger partial charge in [-0.3, -0.25) is 19.4 Å². The lowest BCUT2D eigenvalue weighted by Gasteiger charge is -2.39. The molecule has 0 spiro atoms. The third-order valence-corrected chi connectivity index (χ3v) is 5.13. The Labute approximate surface area is 156 Å². The van der Waals surface area contributed by atoms with Gasteiger partial charge in [0.15, 0.2) is 0 Å². The quantitative estimate of drug-likeness (QED) is 0.740. The third kappa shape index (κ3) is 3.07. The van der Waals surface area contributed by atoms with Crippen molar-refractivity contribution in [3.63, 3.8) is 0 Å². The average molecular weight is 366 g/mol. The minimum atomic E-state index is -0.0398. The number of fused-ring (bicyclic) bond motifs is 1. The van der Waals surface area contributed by atoms with Gasteiger partial charge in [-0.15, -0.1) is 0 Å². The van der Waals surface area contributed by atoms with E-state index in [1.54, 1.807) is 26.4 Å². The molecule has 4 rings (SSSR count). The fourth-order valence-electron chi connectivity index (χ4n) is 3.66. The number of aryl methyl sites for hydroxylation is 1. The van der Waals surface area contributed by atoms with Gasteiger partial charge in [-0.2, -0.15) is 0 Å². The van der Waals surface area contributed by atoms with Crippen LogP contribution < -0.4 is 10.5 Å². The Morgan fingerprint density at radius 1 is 1.19 bits per heavy atom. The summed E-state index contributed by atoms with van der Waals surface area (Å²) in [5.74, 6) is 0.774. The Kier molecular flexibility index (Phi) is 4.18. The number of aromatic nitrogens is 4. The van der Waals surface area contributed by atoms with E-state index in [9.17, 15) is 9.59 Å². The number of nitrogens with one attached hydrogen (secondary N) is 1. The molecule has 1 atom stereocenters. The smallest absolute Gasteiger partial charge is 0.274 e. The summed E-state index contributed by atoms with van der Waals surface area (Å²) < 4.78 is 1.47. The summed E-state index contributed by atoms with van der Waals surface area (Å²) in [5.41, 5.74) is 2.59. The van der Waals surface area contributed by atoms with Crippen molar-refractivity contribution in [2.45, 2.75) is 19.9 Å². The van der Waals surface area contributed by atoms with E-state index in [0.29, 0.717) is 17.9 Å². The lowest BCUT2D eigenvalue weighted by molar-refractivity contribution is -0.131. The highest BCUT2D eigenvalue weighted by Crippen LogP contribution is 2.23. The van der Waals surface area contributed by atoms with Crippen molar-refractivity contribution in [1.82, 2.24) is 24.6 Å². The van der Waals surface area contributed by atoms with Crippen LogP contribution in [-0.2, 0) is 11.8 Å². The summed E-state index contributed by atoms with van der Waals surface area (Å²) in [6, 6.07) is 5.80. The number of H-pyrrole nitrogens is 1. The highest BCUT2D eigenvalue weighted by atomic mass is 16.2. The molecule has 1 fully saturated rings. The first-order valence-corrected chi connectivity index (χ1v) is 8.97. The van der Waals surface area contributed by atoms with Gasteiger partial charge in [-0.25, -0.2) is 9.97 Å². The molecule has 0 unspecified atom stereocenters. The molecule has 2 aromatic heterocycles. The van der Waals surface area contributed by atoms with Crippen LogP contribution in [0.25, 0.3) is 22.0 Å². The van der Waals surface area contributed by atoms with Crippen LogP contribution in [0.4, 0.5) is 5.95 Å². The van der Waals surface area contributed by atoms with Crippen molar-refractivity contribution in [2.75, 3.05) is 24.5 Å². The normalized spacial score (nSPS) is 17.5. The molecule has 0 aliphatic carbocycles. The van der Waals surface area contributed by atoms with E-state index in [1.165, 1.54) is 4.68 Å². The molecule has 1 aliphatic rings. The van der Waals surface area contributed by atoms with Crippen LogP contribution in [0.1, 0.15) is 13.8 Å². The van der Waals surface area contributed by atoms with E-state index in [-0.39, 0.29) is 17.5 Å². The molecule has 1 amide bonds. The minimum absolute atomic E-state index is 0.0398. The van der Waals surface area contributed by atoms with Gasteiger partial charge in [-0.05, 0) is 24.6 Å². The number of carbonyl (C=O) groups excluding carboxylic acids is 1. The second kappa shape index (κ2) is 6.53. The van der Waals surface area contributed by atoms with Crippen LogP contribution in [0.2, 0.25) is 0 Å². The second-order valence-electron chi connectivity index (χ2n) is 7.02. The molecule has 0 saturated carbocycles. The van der Waals surface area contributed by atoms with Gasteiger partial charge in [0.05, 0.1) is 10.9 Å². The standard InChI is InChI=1S/C19H22N6O2/c1-12-11-24(6-7-25(12)13(2)26)19-20-9-15(10-21-19)14-4-5-16-17(8-14)22-23(3)18(16)27/h4-5,8-10,12,22H,6-7,11H2,1-3H3/t12-/m1/s1. The van der Waals surface area contributed by atoms with Gasteiger partial charge in [-0.1, -0.05) is 6.07 Å². The zero-order valence-electron chi connectivity index (χ0n) is 15.6. The molecular weight excluding hydrogens is 344 g/mol. The summed E-state index contributed by atoms with van der Waals surface area (Å²) >= 11 is 0. The van der Waals surface area contributed by atoms with Crippen molar-refractivity contribution in [2.24, 2.45) is 7.05 Å². The summed E-state index contributed by atoms with van der Waals surface area (Å²) in [6.07, 6.45) is 3.60. The first-order chi connectivity index (χ1) is 12.9. The number of benzene rings is 1. The van der Waals surface area contributed by atoms with E-state index < -0.39 is 0 Å². The van der Waals surface area contributed by atoms with Crippen molar-refractivity contribution >= 4 is 22.8 Å². The topological polar surface area (TPSA) is 87.1 Å². The molecule has 3 heterocycles. The summed E-state index contributed by atoms with van der Waals surface area (Å²) in [5, 5.41) is 3.70. The minimum Gasteiger partial charge on any atom is -0.337 e. The predicted molar refractivity (Wildman–Crippen MR) is 104 cm³/mol. The van der Waals surface area contributed by atoms with Crippen molar-refractivity contribution < 1.29 is 4.79 Å². The number of amides is 1. The van der Waals surface area contributed by atoms with Crippen molar-refractivity contribution in [3.8, 4) is 11.1 Å². The number of rotatable bonds is 2. The van der Waals surface area contributed by atoms with Gasteiger partial charge >= 0.3 is 0 Å². The molecule has 1 N–H and O–H groups in total. The summed E-state index contributed by atoms with van der Waals surface area (Å²) in [6.45, 7) is 5.77. The molecule has 140 valence electrons. The summed E-state index contributed by atoms with van der Waals surface area (Å²) in [4.78, 5) is 36.6. The van der Waals surface area contributed by atoms with Gasteiger partial charge in [0.1, 0.15) is 0 Å². The van der Waals surface area contributed by atoms with Crippen LogP contribution in [0.15, 0.2) is 35.4 Å². The molecule has 8 heteroatoms. The van der Waals surface area contributed by atoms with E-state index in [1.807, 2.05) is 30.0 Å². The lowest BCUT2D eigenvalue weighted by Crippen LogP contribution is -2.53. The Morgan fingerprint density at radius 3 is 2.59 bits per heavy atom. The molecule has 1 saturated heterocycles. The lowest BCUT2D eigenvalue weighted by atomic mass is 10.1. The van der Waals surface area contributed by atoms with E-state index in [0.717, 1.165) is 29.7 Å². The highest BCUT2D eigenvalue weighted by Gasteiger charge is 2.26. The Balaban J connectivity index is 1.56. The van der Waals surface area contributed by atoms with Crippen LogP contribution in [0.3, 0.4) is 0 Å². The van der Waals surface area contributed by atoms with Crippen LogP contribution in [0.5, 0.6) is 0 Å². The average Bonchev–Trinajstić information content (AvgIpc) is 2.95. The number of hydrogen-bond donors (Lipinski definition) is 1. The second-order valence-corrected chi connectivity index (χ2v) is 7.02. The molecule has 0 radical (unpaired) electrons. The van der Waals surface area contributed by atoms with Gasteiger partial charge in [0.2, 0.25) is 11.9 Å². The molecule has 1 aliphatic heterocycles. The first-order valence-electron chi connectivity index (χ1n) is 8.97. The summed E-state index contributed by atoms with van der Waals surface area (Å²) in [7, 11) is 1.70. The number of piperazine rings is 1. The maximum Gasteiger partial charge on any atom is 0.274 e. The van der Waals surface area contributed by atoms with Gasteiger partial charge in [0, 0.05) is 57.6 Å². The maximum atomic E-state index is 12.0. The zero-order chi connectivity index (χ0) is 19.1. The van der Waals surface area contributed by atoms with Gasteiger partial charge < -0.3 is 9.80 Å². The van der Waals surface area contributed by atoms with Crippen molar-refractivity contribution in [1.29, 1.82) is 0 Å². The molecule has 3 aromatic rings. The SMILES string of the molecule is CC(=O)N1CCN(c2ncc(-c3ccc4c(=O)n(C)[nH]c4c3)cn2)C[C@H]1C. The fourth-order valence-corrected chi connectivity index (χ4v) is 3.66. The fraction of sp³-hybridized carbons (Fsp3) is 0.368. The first kappa shape index (κ1) is 17.3. The Bertz CT molecular complexity index is 1050. The van der Waals surface area contributed by atoms with Crippen LogP contribution >= 0.6 is 0 Å². The van der Waals surface area contributed by atoms with Crippen LogP contribution in [0, 0.1) is 0 Å². The van der Waals surface area contributed by atoms with Crippen LogP contribution in [-0.4, -0.2) is 56.2 Å². The Morgan fingerprint density at radius 2 is 1.93 bits per heavy atom. The number of nitrogens with zero attached hydrogens (tertiary/aromatic N) is 5. The molecule has 27 heavy (non-hydrogen) atoms. The molecular formula is C19H22N6O2.